The first-order valence-electron chi connectivity index (χ1n) is 7.74. The molecule has 0 aliphatic heterocycles. The Kier molecular flexibility index (Phi) is 8.58. The molecule has 0 radical (unpaired) electrons. The maximum Gasteiger partial charge on any atom is 0.191 e. The topological polar surface area (TPSA) is 62.2 Å². The van der Waals surface area contributed by atoms with Gasteiger partial charge in [0.1, 0.15) is 10.0 Å². The van der Waals surface area contributed by atoms with Crippen molar-refractivity contribution in [3.8, 4) is 0 Å². The summed E-state index contributed by atoms with van der Waals surface area (Å²) in [7, 11) is 1.78. The Bertz CT molecular complexity index is 671. The molecule has 0 saturated carbocycles. The Balaban J connectivity index is 0.00000288. The molecule has 8 heteroatoms. The minimum Gasteiger partial charge on any atom is -0.350 e. The van der Waals surface area contributed by atoms with Crippen LogP contribution in [-0.4, -0.2) is 23.0 Å². The highest BCUT2D eigenvalue weighted by atomic mass is 127. The Labute approximate surface area is 169 Å². The van der Waals surface area contributed by atoms with E-state index in [4.69, 9.17) is 4.98 Å². The summed E-state index contributed by atoms with van der Waals surface area (Å²) in [6.45, 7) is 12.0. The molecule has 0 saturated heterocycles. The second-order valence-electron chi connectivity index (χ2n) is 5.73. The molecule has 0 spiro atoms. The van der Waals surface area contributed by atoms with E-state index in [1.807, 2.05) is 6.92 Å². The van der Waals surface area contributed by atoms with Gasteiger partial charge >= 0.3 is 0 Å². The van der Waals surface area contributed by atoms with Crippen molar-refractivity contribution >= 4 is 52.6 Å². The van der Waals surface area contributed by atoms with Crippen LogP contribution in [0.4, 0.5) is 0 Å². The molecular weight excluding hydrogens is 453 g/mol. The zero-order chi connectivity index (χ0) is 17.0. The molecule has 24 heavy (non-hydrogen) atoms. The summed E-state index contributed by atoms with van der Waals surface area (Å²) in [5, 5.41) is 8.80. The number of aromatic nitrogens is 2. The van der Waals surface area contributed by atoms with Crippen LogP contribution >= 0.6 is 46.7 Å². The van der Waals surface area contributed by atoms with Crippen molar-refractivity contribution in [3.63, 3.8) is 0 Å². The molecule has 0 aliphatic carbocycles. The van der Waals surface area contributed by atoms with Crippen molar-refractivity contribution < 1.29 is 0 Å². The molecule has 0 bridgehead atoms. The number of aryl methyl sites for hydroxylation is 3. The normalized spacial score (nSPS) is 11.5. The predicted molar refractivity (Wildman–Crippen MR) is 115 cm³/mol. The van der Waals surface area contributed by atoms with E-state index >= 15 is 0 Å². The second-order valence-corrected chi connectivity index (χ2v) is 8.31. The lowest BCUT2D eigenvalue weighted by Gasteiger charge is -2.09. The summed E-state index contributed by atoms with van der Waals surface area (Å²) < 4.78 is 0. The van der Waals surface area contributed by atoms with Gasteiger partial charge in [-0.2, -0.15) is 0 Å². The molecule has 0 fully saturated rings. The number of aliphatic imine (C=N–C) groups is 1. The highest BCUT2D eigenvalue weighted by molar-refractivity contribution is 14.0. The highest BCUT2D eigenvalue weighted by Crippen LogP contribution is 2.23. The standard InChI is InChI=1S/C16H25N5S2.HI/c1-9(2)15-12(5)23-14(21-15)8-19-16(17-6)18-7-13-20-10(3)11(4)22-13;/h9H,7-8H2,1-6H3,(H2,17,18,19);1H. The quantitative estimate of drug-likeness (QED) is 0.385. The molecule has 2 aromatic heterocycles. The van der Waals surface area contributed by atoms with Crippen molar-refractivity contribution in [3.05, 3.63) is 31.2 Å². The summed E-state index contributed by atoms with van der Waals surface area (Å²) >= 11 is 3.47. The van der Waals surface area contributed by atoms with E-state index in [-0.39, 0.29) is 24.0 Å². The van der Waals surface area contributed by atoms with Crippen LogP contribution in [0.1, 0.15) is 50.9 Å². The summed E-state index contributed by atoms with van der Waals surface area (Å²) in [4.78, 5) is 16.1. The predicted octanol–water partition coefficient (Wildman–Crippen LogP) is 4.13. The van der Waals surface area contributed by atoms with Crippen LogP contribution in [0.5, 0.6) is 0 Å². The number of halogens is 1. The average molecular weight is 479 g/mol. The summed E-state index contributed by atoms with van der Waals surface area (Å²) in [5.41, 5.74) is 2.30. The van der Waals surface area contributed by atoms with Gasteiger partial charge in [0.05, 0.1) is 24.5 Å². The SMILES string of the molecule is CN=C(NCc1nc(C)c(C)s1)NCc1nc(C(C)C)c(C)s1.I. The molecule has 0 unspecified atom stereocenters. The van der Waals surface area contributed by atoms with Gasteiger partial charge < -0.3 is 10.6 Å². The fraction of sp³-hybridized carbons (Fsp3) is 0.562. The lowest BCUT2D eigenvalue weighted by Crippen LogP contribution is -2.36. The van der Waals surface area contributed by atoms with Crippen molar-refractivity contribution in [1.82, 2.24) is 20.6 Å². The van der Waals surface area contributed by atoms with Crippen molar-refractivity contribution in [1.29, 1.82) is 0 Å². The van der Waals surface area contributed by atoms with Gasteiger partial charge in [0.25, 0.3) is 0 Å². The van der Waals surface area contributed by atoms with Gasteiger partial charge in [-0.1, -0.05) is 13.8 Å². The van der Waals surface area contributed by atoms with E-state index in [9.17, 15) is 0 Å². The van der Waals surface area contributed by atoms with Gasteiger partial charge in [0, 0.05) is 16.8 Å². The van der Waals surface area contributed by atoms with Gasteiger partial charge in [-0.3, -0.25) is 4.99 Å². The van der Waals surface area contributed by atoms with E-state index in [1.54, 1.807) is 29.7 Å². The zero-order valence-electron chi connectivity index (χ0n) is 15.1. The first kappa shape index (κ1) is 21.3. The Morgan fingerprint density at radius 3 is 1.96 bits per heavy atom. The fourth-order valence-corrected chi connectivity index (χ4v) is 4.13. The molecule has 134 valence electrons. The zero-order valence-corrected chi connectivity index (χ0v) is 19.0. The molecule has 2 N–H and O–H groups in total. The number of nitrogens with zero attached hydrogens (tertiary/aromatic N) is 3. The van der Waals surface area contributed by atoms with E-state index in [2.05, 4.69) is 48.3 Å². The molecule has 2 aromatic rings. The highest BCUT2D eigenvalue weighted by Gasteiger charge is 2.11. The van der Waals surface area contributed by atoms with Gasteiger partial charge in [-0.15, -0.1) is 46.7 Å². The number of nitrogens with one attached hydrogen (secondary N) is 2. The Hall–Kier alpha value is -0.740. The van der Waals surface area contributed by atoms with E-state index < -0.39 is 0 Å². The summed E-state index contributed by atoms with van der Waals surface area (Å²) in [6.07, 6.45) is 0. The molecule has 0 aromatic carbocycles. The third-order valence-electron chi connectivity index (χ3n) is 3.53. The number of guanidine groups is 1. The van der Waals surface area contributed by atoms with Gasteiger partial charge in [-0.25, -0.2) is 9.97 Å². The van der Waals surface area contributed by atoms with Gasteiger partial charge in [0.2, 0.25) is 0 Å². The minimum absolute atomic E-state index is 0. The molecule has 0 atom stereocenters. The molecule has 0 aliphatic rings. The minimum atomic E-state index is 0. The average Bonchev–Trinajstić information content (AvgIpc) is 3.02. The summed E-state index contributed by atoms with van der Waals surface area (Å²) in [6, 6.07) is 0. The van der Waals surface area contributed by atoms with Crippen LogP contribution in [0, 0.1) is 20.8 Å². The van der Waals surface area contributed by atoms with Crippen molar-refractivity contribution in [2.45, 2.75) is 53.6 Å². The maximum atomic E-state index is 4.71. The van der Waals surface area contributed by atoms with E-state index in [0.717, 1.165) is 21.7 Å². The van der Waals surface area contributed by atoms with Crippen LogP contribution in [0.15, 0.2) is 4.99 Å². The van der Waals surface area contributed by atoms with Crippen LogP contribution < -0.4 is 10.6 Å². The molecule has 5 nitrogen and oxygen atoms in total. The van der Waals surface area contributed by atoms with Crippen LogP contribution in [-0.2, 0) is 13.1 Å². The Morgan fingerprint density at radius 1 is 1.00 bits per heavy atom. The molecule has 2 heterocycles. The molecule has 2 rings (SSSR count). The first-order chi connectivity index (χ1) is 10.9. The molecular formula is C16H26IN5S2. The van der Waals surface area contributed by atoms with Gasteiger partial charge in [0.15, 0.2) is 5.96 Å². The Morgan fingerprint density at radius 2 is 1.54 bits per heavy atom. The van der Waals surface area contributed by atoms with Crippen LogP contribution in [0.2, 0.25) is 0 Å². The second kappa shape index (κ2) is 9.67. The first-order valence-corrected chi connectivity index (χ1v) is 9.37. The van der Waals surface area contributed by atoms with E-state index in [0.29, 0.717) is 19.0 Å². The lowest BCUT2D eigenvalue weighted by atomic mass is 10.1. The third-order valence-corrected chi connectivity index (χ3v) is 5.59. The molecule has 0 amide bonds. The fourth-order valence-electron chi connectivity index (χ4n) is 2.23. The number of thiazole rings is 2. The van der Waals surface area contributed by atoms with Crippen molar-refractivity contribution in [2.24, 2.45) is 4.99 Å². The monoisotopic (exact) mass is 479 g/mol. The van der Waals surface area contributed by atoms with Crippen LogP contribution in [0.25, 0.3) is 0 Å². The maximum absolute atomic E-state index is 4.71. The number of rotatable bonds is 5. The largest absolute Gasteiger partial charge is 0.350 e. The smallest absolute Gasteiger partial charge is 0.191 e. The van der Waals surface area contributed by atoms with Crippen LogP contribution in [0.3, 0.4) is 0 Å². The van der Waals surface area contributed by atoms with Gasteiger partial charge in [-0.05, 0) is 26.7 Å². The van der Waals surface area contributed by atoms with E-state index in [1.165, 1.54) is 15.4 Å². The lowest BCUT2D eigenvalue weighted by molar-refractivity contribution is 0.780. The number of hydrogen-bond donors (Lipinski definition) is 2. The number of hydrogen-bond acceptors (Lipinski definition) is 5. The summed E-state index contributed by atoms with van der Waals surface area (Å²) in [5.74, 6) is 1.24. The third kappa shape index (κ3) is 5.66. The van der Waals surface area contributed by atoms with Crippen molar-refractivity contribution in [2.75, 3.05) is 7.05 Å².